The molecule has 0 heterocycles. The first-order chi connectivity index (χ1) is 11.5. The van der Waals surface area contributed by atoms with E-state index in [1.165, 1.54) is 18.3 Å². The van der Waals surface area contributed by atoms with Crippen LogP contribution >= 0.6 is 11.6 Å². The van der Waals surface area contributed by atoms with Crippen molar-refractivity contribution in [3.05, 3.63) is 68.7 Å². The van der Waals surface area contributed by atoms with Gasteiger partial charge in [0.15, 0.2) is 0 Å². The molecule has 124 valence electrons. The number of amides is 1. The number of hydrogen-bond donors (Lipinski definition) is 1. The van der Waals surface area contributed by atoms with Gasteiger partial charge in [0, 0.05) is 11.6 Å². The van der Waals surface area contributed by atoms with Crippen molar-refractivity contribution < 1.29 is 14.5 Å². The van der Waals surface area contributed by atoms with Crippen LogP contribution in [0.4, 0.5) is 5.69 Å². The number of rotatable bonds is 6. The van der Waals surface area contributed by atoms with E-state index in [4.69, 9.17) is 16.3 Å². The van der Waals surface area contributed by atoms with Crippen LogP contribution in [-0.4, -0.2) is 23.7 Å². The van der Waals surface area contributed by atoms with Gasteiger partial charge in [-0.3, -0.25) is 14.9 Å². The molecule has 0 aliphatic rings. The molecule has 0 saturated heterocycles. The molecular formula is C16H14ClN3O4. The fourth-order valence-electron chi connectivity index (χ4n) is 1.91. The highest BCUT2D eigenvalue weighted by atomic mass is 35.5. The molecule has 1 amide bonds. The number of carbonyl (C=O) groups is 1. The second-order valence-electron chi connectivity index (χ2n) is 4.60. The lowest BCUT2D eigenvalue weighted by Crippen LogP contribution is -2.18. The number of carbonyl (C=O) groups excluding carboxylic acids is 1. The summed E-state index contributed by atoms with van der Waals surface area (Å²) in [6.45, 7) is 2.25. The highest BCUT2D eigenvalue weighted by Gasteiger charge is 2.13. The van der Waals surface area contributed by atoms with Gasteiger partial charge in [-0.25, -0.2) is 5.43 Å². The molecule has 2 aromatic carbocycles. The lowest BCUT2D eigenvalue weighted by molar-refractivity contribution is -0.384. The summed E-state index contributed by atoms with van der Waals surface area (Å²) in [6, 6.07) is 11.0. The standard InChI is InChI=1S/C16H14ClN3O4/c1-2-24-15-6-4-3-5-12(15)16(21)19-18-10-11-7-8-13(17)14(9-11)20(22)23/h3-10H,2H2,1H3,(H,19,21)/b18-10-. The Morgan fingerprint density at radius 3 is 2.83 bits per heavy atom. The number of benzene rings is 2. The van der Waals surface area contributed by atoms with E-state index >= 15 is 0 Å². The van der Waals surface area contributed by atoms with Crippen LogP contribution < -0.4 is 10.2 Å². The minimum Gasteiger partial charge on any atom is -0.493 e. The largest absolute Gasteiger partial charge is 0.493 e. The maximum atomic E-state index is 12.1. The fraction of sp³-hybridized carbons (Fsp3) is 0.125. The molecule has 0 aliphatic carbocycles. The van der Waals surface area contributed by atoms with Gasteiger partial charge in [0.05, 0.1) is 23.3 Å². The number of para-hydroxylation sites is 1. The normalized spacial score (nSPS) is 10.6. The molecule has 0 saturated carbocycles. The third-order valence-corrected chi connectivity index (χ3v) is 3.30. The Balaban J connectivity index is 2.11. The van der Waals surface area contributed by atoms with Crippen molar-refractivity contribution in [2.45, 2.75) is 6.92 Å². The van der Waals surface area contributed by atoms with Crippen molar-refractivity contribution in [2.75, 3.05) is 6.61 Å². The quantitative estimate of drug-likeness (QED) is 0.492. The first-order valence-electron chi connectivity index (χ1n) is 7.02. The molecule has 0 fully saturated rings. The van der Waals surface area contributed by atoms with E-state index in [1.54, 1.807) is 30.3 Å². The molecule has 2 aromatic rings. The van der Waals surface area contributed by atoms with Crippen molar-refractivity contribution in [1.82, 2.24) is 5.43 Å². The molecule has 0 radical (unpaired) electrons. The van der Waals surface area contributed by atoms with Crippen LogP contribution in [0.3, 0.4) is 0 Å². The Morgan fingerprint density at radius 1 is 1.38 bits per heavy atom. The molecule has 24 heavy (non-hydrogen) atoms. The fourth-order valence-corrected chi connectivity index (χ4v) is 2.10. The molecule has 0 aliphatic heterocycles. The summed E-state index contributed by atoms with van der Waals surface area (Å²) in [5.41, 5.74) is 2.91. The Bertz CT molecular complexity index is 793. The number of nitrogens with zero attached hydrogens (tertiary/aromatic N) is 2. The lowest BCUT2D eigenvalue weighted by Gasteiger charge is -2.08. The average molecular weight is 348 g/mol. The van der Waals surface area contributed by atoms with Gasteiger partial charge in [0.2, 0.25) is 0 Å². The first kappa shape index (κ1) is 17.4. The molecule has 0 atom stereocenters. The van der Waals surface area contributed by atoms with Crippen LogP contribution in [-0.2, 0) is 0 Å². The Morgan fingerprint density at radius 2 is 2.12 bits per heavy atom. The summed E-state index contributed by atoms with van der Waals surface area (Å²) in [5.74, 6) is 0.00796. The Hall–Kier alpha value is -2.93. The molecule has 7 nitrogen and oxygen atoms in total. The van der Waals surface area contributed by atoms with Crippen LogP contribution in [0.1, 0.15) is 22.8 Å². The van der Waals surface area contributed by atoms with Gasteiger partial charge in [-0.1, -0.05) is 29.8 Å². The van der Waals surface area contributed by atoms with Crippen LogP contribution in [0.25, 0.3) is 0 Å². The zero-order valence-electron chi connectivity index (χ0n) is 12.7. The number of hydrogen-bond acceptors (Lipinski definition) is 5. The maximum absolute atomic E-state index is 12.1. The lowest BCUT2D eigenvalue weighted by atomic mass is 10.2. The number of nitro groups is 1. The summed E-state index contributed by atoms with van der Waals surface area (Å²) in [4.78, 5) is 22.4. The van der Waals surface area contributed by atoms with E-state index in [0.29, 0.717) is 23.5 Å². The number of nitro benzene ring substituents is 1. The summed E-state index contributed by atoms with van der Waals surface area (Å²) < 4.78 is 5.38. The molecular weight excluding hydrogens is 334 g/mol. The summed E-state index contributed by atoms with van der Waals surface area (Å²) in [6.07, 6.45) is 1.30. The zero-order chi connectivity index (χ0) is 17.5. The predicted octanol–water partition coefficient (Wildman–Crippen LogP) is 3.41. The van der Waals surface area contributed by atoms with Gasteiger partial charge in [-0.2, -0.15) is 5.10 Å². The highest BCUT2D eigenvalue weighted by Crippen LogP contribution is 2.24. The smallest absolute Gasteiger partial charge is 0.288 e. The van der Waals surface area contributed by atoms with Crippen molar-refractivity contribution in [3.8, 4) is 5.75 Å². The number of nitrogens with one attached hydrogen (secondary N) is 1. The summed E-state index contributed by atoms with van der Waals surface area (Å²) >= 11 is 5.73. The van der Waals surface area contributed by atoms with Gasteiger partial charge >= 0.3 is 0 Å². The monoisotopic (exact) mass is 347 g/mol. The minimum atomic E-state index is -0.587. The topological polar surface area (TPSA) is 93.8 Å². The van der Waals surface area contributed by atoms with Gasteiger partial charge in [-0.15, -0.1) is 0 Å². The van der Waals surface area contributed by atoms with Gasteiger partial charge in [-0.05, 0) is 25.1 Å². The zero-order valence-corrected chi connectivity index (χ0v) is 13.5. The number of ether oxygens (including phenoxy) is 1. The second kappa shape index (κ2) is 8.07. The van der Waals surface area contributed by atoms with E-state index in [-0.39, 0.29) is 10.7 Å². The maximum Gasteiger partial charge on any atom is 0.288 e. The molecule has 2 rings (SSSR count). The summed E-state index contributed by atoms with van der Waals surface area (Å²) in [7, 11) is 0. The molecule has 1 N–H and O–H groups in total. The number of halogens is 1. The van der Waals surface area contributed by atoms with E-state index < -0.39 is 10.8 Å². The van der Waals surface area contributed by atoms with Gasteiger partial charge in [0.1, 0.15) is 10.8 Å². The van der Waals surface area contributed by atoms with Gasteiger partial charge in [0.25, 0.3) is 11.6 Å². The molecule has 0 spiro atoms. The molecule has 0 aromatic heterocycles. The highest BCUT2D eigenvalue weighted by molar-refractivity contribution is 6.32. The van der Waals surface area contributed by atoms with Gasteiger partial charge < -0.3 is 4.74 Å². The predicted molar refractivity (Wildman–Crippen MR) is 90.8 cm³/mol. The Kier molecular flexibility index (Phi) is 5.86. The molecule has 8 heteroatoms. The van der Waals surface area contributed by atoms with Crippen LogP contribution in [0, 0.1) is 10.1 Å². The first-order valence-corrected chi connectivity index (χ1v) is 7.40. The van der Waals surface area contributed by atoms with E-state index in [0.717, 1.165) is 0 Å². The average Bonchev–Trinajstić information content (AvgIpc) is 2.57. The van der Waals surface area contributed by atoms with Crippen LogP contribution in [0.5, 0.6) is 5.75 Å². The number of hydrazone groups is 1. The Labute approximate surface area is 143 Å². The molecule has 0 bridgehead atoms. The van der Waals surface area contributed by atoms with Crippen LogP contribution in [0.15, 0.2) is 47.6 Å². The second-order valence-corrected chi connectivity index (χ2v) is 5.00. The third-order valence-electron chi connectivity index (χ3n) is 2.98. The van der Waals surface area contributed by atoms with Crippen molar-refractivity contribution >= 4 is 29.4 Å². The third kappa shape index (κ3) is 4.30. The van der Waals surface area contributed by atoms with Crippen molar-refractivity contribution in [3.63, 3.8) is 0 Å². The van der Waals surface area contributed by atoms with Crippen LogP contribution in [0.2, 0.25) is 5.02 Å². The minimum absolute atomic E-state index is 0.0341. The van der Waals surface area contributed by atoms with E-state index in [1.807, 2.05) is 6.92 Å². The summed E-state index contributed by atoms with van der Waals surface area (Å²) in [5, 5.41) is 14.7. The van der Waals surface area contributed by atoms with Crippen molar-refractivity contribution in [2.24, 2.45) is 5.10 Å². The SMILES string of the molecule is CCOc1ccccc1C(=O)N/N=C\c1ccc(Cl)c([N+](=O)[O-])c1. The van der Waals surface area contributed by atoms with E-state index in [2.05, 4.69) is 10.5 Å². The van der Waals surface area contributed by atoms with E-state index in [9.17, 15) is 14.9 Å². The van der Waals surface area contributed by atoms with Crippen molar-refractivity contribution in [1.29, 1.82) is 0 Å². The molecule has 0 unspecified atom stereocenters.